The Bertz CT molecular complexity index is 1620. The fourth-order valence-electron chi connectivity index (χ4n) is 5.33. The van der Waals surface area contributed by atoms with Gasteiger partial charge in [0.1, 0.15) is 22.6 Å². The van der Waals surface area contributed by atoms with Crippen LogP contribution >= 0.6 is 0 Å². The van der Waals surface area contributed by atoms with Gasteiger partial charge >= 0.3 is 6.09 Å². The second-order valence-electron chi connectivity index (χ2n) is 11.7. The molecule has 12 heteroatoms. The average Bonchev–Trinajstić information content (AvgIpc) is 3.56. The van der Waals surface area contributed by atoms with Crippen molar-refractivity contribution in [2.24, 2.45) is 0 Å². The number of hydrogen-bond acceptors (Lipinski definition) is 8. The predicted molar refractivity (Wildman–Crippen MR) is 152 cm³/mol. The normalized spacial score (nSPS) is 19.7. The van der Waals surface area contributed by atoms with E-state index in [0.717, 1.165) is 29.4 Å². The summed E-state index contributed by atoms with van der Waals surface area (Å²) >= 11 is 0. The maximum Gasteiger partial charge on any atom is 0.415 e. The molecular weight excluding hydrogens is 526 g/mol. The molecule has 12 nitrogen and oxygen atoms in total. The van der Waals surface area contributed by atoms with Crippen molar-refractivity contribution in [1.82, 2.24) is 29.5 Å². The van der Waals surface area contributed by atoms with Crippen LogP contribution in [0.15, 0.2) is 36.8 Å². The summed E-state index contributed by atoms with van der Waals surface area (Å²) in [7, 11) is 1.60. The van der Waals surface area contributed by atoms with Crippen molar-refractivity contribution in [3.8, 4) is 11.3 Å². The second kappa shape index (κ2) is 10.4. The minimum Gasteiger partial charge on any atom is -0.443 e. The van der Waals surface area contributed by atoms with Gasteiger partial charge in [0.2, 0.25) is 0 Å². The first-order valence-corrected chi connectivity index (χ1v) is 14.0. The number of aliphatic hydroxyl groups is 1. The van der Waals surface area contributed by atoms with Crippen LogP contribution in [0.5, 0.6) is 0 Å². The van der Waals surface area contributed by atoms with Crippen LogP contribution in [0.25, 0.3) is 27.9 Å². The molecule has 2 atom stereocenters. The maximum atomic E-state index is 13.3. The van der Waals surface area contributed by atoms with Crippen molar-refractivity contribution < 1.29 is 24.2 Å². The largest absolute Gasteiger partial charge is 0.443 e. The highest BCUT2D eigenvalue weighted by Gasteiger charge is 2.32. The lowest BCUT2D eigenvalue weighted by atomic mass is 9.89. The molecule has 2 amide bonds. The molecule has 41 heavy (non-hydrogen) atoms. The Hall–Kier alpha value is -4.03. The molecule has 2 fully saturated rings. The molecule has 6 rings (SSSR count). The fraction of sp³-hybridized carbons (Fsp3) is 0.483. The number of aromatic nitrogens is 5. The Morgan fingerprint density at radius 3 is 2.63 bits per heavy atom. The molecule has 0 aromatic carbocycles. The van der Waals surface area contributed by atoms with E-state index in [4.69, 9.17) is 14.5 Å². The lowest BCUT2D eigenvalue weighted by molar-refractivity contribution is 0.0448. The van der Waals surface area contributed by atoms with Gasteiger partial charge in [-0.25, -0.2) is 14.8 Å². The third kappa shape index (κ3) is 5.13. The van der Waals surface area contributed by atoms with E-state index in [2.05, 4.69) is 20.0 Å². The number of carbonyl (C=O) groups excluding carboxylic acids is 2. The number of hydrogen-bond donors (Lipinski definition) is 2. The Labute approximate surface area is 237 Å². The van der Waals surface area contributed by atoms with E-state index in [1.54, 1.807) is 40.1 Å². The zero-order valence-electron chi connectivity index (χ0n) is 23.7. The van der Waals surface area contributed by atoms with Crippen LogP contribution in [0.3, 0.4) is 0 Å². The molecule has 0 bridgehead atoms. The minimum absolute atomic E-state index is 0.229. The van der Waals surface area contributed by atoms with Crippen LogP contribution in [0.4, 0.5) is 10.6 Å². The third-order valence-electron chi connectivity index (χ3n) is 7.71. The van der Waals surface area contributed by atoms with Crippen molar-refractivity contribution >= 4 is 34.5 Å². The maximum absolute atomic E-state index is 13.3. The summed E-state index contributed by atoms with van der Waals surface area (Å²) in [5.41, 5.74) is 2.05. The van der Waals surface area contributed by atoms with Gasteiger partial charge < -0.3 is 24.5 Å². The van der Waals surface area contributed by atoms with Gasteiger partial charge in [0.15, 0.2) is 5.65 Å². The lowest BCUT2D eigenvalue weighted by Gasteiger charge is -2.32. The Balaban J connectivity index is 1.50. The lowest BCUT2D eigenvalue weighted by Crippen LogP contribution is -2.50. The molecular formula is C29H35N7O5. The number of fused-ring (bicyclic) bond motifs is 2. The van der Waals surface area contributed by atoms with Crippen LogP contribution in [-0.4, -0.2) is 79.3 Å². The molecule has 2 aliphatic rings. The van der Waals surface area contributed by atoms with Crippen LogP contribution in [-0.2, 0) is 9.47 Å². The van der Waals surface area contributed by atoms with E-state index in [0.29, 0.717) is 37.6 Å². The number of carbonyl (C=O) groups is 2. The molecule has 0 radical (unpaired) electrons. The minimum atomic E-state index is -0.706. The molecule has 1 aliphatic heterocycles. The monoisotopic (exact) mass is 561 g/mol. The Morgan fingerprint density at radius 1 is 1.17 bits per heavy atom. The standard InChI is InChI=1S/C29H35N7O5/c1-29(2,3)41-28(39)34(4)24-14-22(32-26-19(15-31-36(24)26)27(38)33-21-7-8-23(21)37)20-16-35(17-9-12-40-13-10-17)25-18(20)6-5-11-30-25/h5-6,11,14-17,21,23,37H,7-10,12-13H2,1-4H3,(H,33,38)/t21?,23-/m1/s1. The Morgan fingerprint density at radius 2 is 1.95 bits per heavy atom. The SMILES string of the molecule is CN(C(=O)OC(C)(C)C)c1cc(-c2cn(C3CCOCC3)c3ncccc23)nc2c(C(=O)NC3CC[C@H]3O)cnn12. The number of anilines is 1. The summed E-state index contributed by atoms with van der Waals surface area (Å²) in [6.07, 6.45) is 7.22. The van der Waals surface area contributed by atoms with Gasteiger partial charge in [0.25, 0.3) is 5.91 Å². The molecule has 5 heterocycles. The molecule has 1 unspecified atom stereocenters. The first kappa shape index (κ1) is 27.2. The van der Waals surface area contributed by atoms with Crippen molar-refractivity contribution in [3.63, 3.8) is 0 Å². The van der Waals surface area contributed by atoms with E-state index >= 15 is 0 Å². The van der Waals surface area contributed by atoms with Crippen LogP contribution in [0.1, 0.15) is 62.9 Å². The average molecular weight is 562 g/mol. The number of ether oxygens (including phenoxy) is 2. The highest BCUT2D eigenvalue weighted by atomic mass is 16.6. The summed E-state index contributed by atoms with van der Waals surface area (Å²) in [5.74, 6) is 0.00315. The van der Waals surface area contributed by atoms with E-state index < -0.39 is 17.8 Å². The zero-order valence-corrected chi connectivity index (χ0v) is 23.7. The zero-order chi connectivity index (χ0) is 28.9. The van der Waals surface area contributed by atoms with Gasteiger partial charge in [-0.3, -0.25) is 9.69 Å². The Kier molecular flexibility index (Phi) is 6.90. The van der Waals surface area contributed by atoms with Crippen LogP contribution in [0.2, 0.25) is 0 Å². The van der Waals surface area contributed by atoms with E-state index in [-0.39, 0.29) is 29.2 Å². The van der Waals surface area contributed by atoms with Gasteiger partial charge in [-0.1, -0.05) is 0 Å². The summed E-state index contributed by atoms with van der Waals surface area (Å²) in [4.78, 5) is 37.4. The van der Waals surface area contributed by atoms with Crippen molar-refractivity contribution in [2.45, 2.75) is 70.2 Å². The van der Waals surface area contributed by atoms with Crippen LogP contribution < -0.4 is 10.2 Å². The van der Waals surface area contributed by atoms with Crippen molar-refractivity contribution in [2.75, 3.05) is 25.2 Å². The van der Waals surface area contributed by atoms with Gasteiger partial charge in [0, 0.05) is 55.7 Å². The summed E-state index contributed by atoms with van der Waals surface area (Å²) in [6, 6.07) is 5.57. The molecule has 216 valence electrons. The second-order valence-corrected chi connectivity index (χ2v) is 11.7. The predicted octanol–water partition coefficient (Wildman–Crippen LogP) is 3.72. The summed E-state index contributed by atoms with van der Waals surface area (Å²) < 4.78 is 14.9. The molecule has 1 saturated carbocycles. The molecule has 1 aliphatic carbocycles. The molecule has 0 spiro atoms. The third-order valence-corrected chi connectivity index (χ3v) is 7.71. The number of nitrogens with zero attached hydrogens (tertiary/aromatic N) is 6. The number of aliphatic hydroxyl groups excluding tert-OH is 1. The smallest absolute Gasteiger partial charge is 0.415 e. The van der Waals surface area contributed by atoms with Gasteiger partial charge in [-0.15, -0.1) is 0 Å². The number of nitrogens with one attached hydrogen (secondary N) is 1. The molecule has 4 aromatic heterocycles. The topological polar surface area (TPSA) is 136 Å². The quantitative estimate of drug-likeness (QED) is 0.376. The highest BCUT2D eigenvalue weighted by molar-refractivity contribution is 6.01. The summed E-state index contributed by atoms with van der Waals surface area (Å²) in [5, 5.41) is 18.2. The first-order valence-electron chi connectivity index (χ1n) is 14.0. The van der Waals surface area contributed by atoms with Gasteiger partial charge in [-0.05, 0) is 58.6 Å². The number of pyridine rings is 1. The van der Waals surface area contributed by atoms with E-state index in [1.165, 1.54) is 15.6 Å². The molecule has 2 N–H and O–H groups in total. The number of rotatable bonds is 5. The highest BCUT2D eigenvalue weighted by Crippen LogP contribution is 2.35. The summed E-state index contributed by atoms with van der Waals surface area (Å²) in [6.45, 7) is 6.78. The van der Waals surface area contributed by atoms with Gasteiger partial charge in [-0.2, -0.15) is 9.61 Å². The van der Waals surface area contributed by atoms with E-state index in [1.807, 2.05) is 18.3 Å². The fourth-order valence-corrected chi connectivity index (χ4v) is 5.33. The van der Waals surface area contributed by atoms with Crippen molar-refractivity contribution in [3.05, 3.63) is 42.4 Å². The van der Waals surface area contributed by atoms with E-state index in [9.17, 15) is 14.7 Å². The van der Waals surface area contributed by atoms with Crippen molar-refractivity contribution in [1.29, 1.82) is 0 Å². The van der Waals surface area contributed by atoms with Gasteiger partial charge in [0.05, 0.1) is 24.0 Å². The first-order chi connectivity index (χ1) is 19.6. The molecule has 4 aromatic rings. The van der Waals surface area contributed by atoms with Crippen LogP contribution in [0, 0.1) is 0 Å². The molecule has 1 saturated heterocycles. The number of amides is 2.